The number of carboxylic acid groups (broad SMARTS) is 1. The summed E-state index contributed by atoms with van der Waals surface area (Å²) in [4.78, 5) is 14.5. The second-order valence-corrected chi connectivity index (χ2v) is 3.83. The van der Waals surface area contributed by atoms with Crippen molar-refractivity contribution >= 4 is 6.09 Å². The molecular weight excluding hydrogens is 248 g/mol. The summed E-state index contributed by atoms with van der Waals surface area (Å²) in [5.41, 5.74) is 2.36. The number of carbonyl (C=O) groups is 1. The molecule has 0 atom stereocenters. The zero-order valence-electron chi connectivity index (χ0n) is 10.0. The first-order chi connectivity index (χ1) is 9.10. The third-order valence-corrected chi connectivity index (χ3v) is 2.47. The van der Waals surface area contributed by atoms with Crippen molar-refractivity contribution in [3.8, 4) is 17.5 Å². The Morgan fingerprint density at radius 3 is 2.95 bits per heavy atom. The van der Waals surface area contributed by atoms with Crippen LogP contribution in [0.15, 0.2) is 22.9 Å². The summed E-state index contributed by atoms with van der Waals surface area (Å²) in [5.74, 6) is 0.390. The molecule has 0 aliphatic rings. The molecule has 7 nitrogen and oxygen atoms in total. The first-order valence-electron chi connectivity index (χ1n) is 5.39. The molecular formula is C12H10N4O3. The molecule has 0 saturated heterocycles. The lowest BCUT2D eigenvalue weighted by atomic mass is 10.1. The van der Waals surface area contributed by atoms with E-state index in [0.29, 0.717) is 22.7 Å². The van der Waals surface area contributed by atoms with Crippen molar-refractivity contribution < 1.29 is 14.4 Å². The van der Waals surface area contributed by atoms with Crippen LogP contribution in [0.5, 0.6) is 0 Å². The summed E-state index contributed by atoms with van der Waals surface area (Å²) in [7, 11) is 0. The standard InChI is InChI=1S/C12H10N4O3/c1-7-2-10(14-5-8(7)4-13)11-3-9(19-16-11)6-15-12(17)18/h2-3,5,15H,6H2,1H3,(H,17,18). The molecule has 2 rings (SSSR count). The summed E-state index contributed by atoms with van der Waals surface area (Å²) in [6, 6.07) is 5.36. The van der Waals surface area contributed by atoms with E-state index in [1.165, 1.54) is 6.20 Å². The van der Waals surface area contributed by atoms with Crippen LogP contribution in [0.4, 0.5) is 4.79 Å². The van der Waals surface area contributed by atoms with Crippen LogP contribution in [-0.4, -0.2) is 21.3 Å². The molecule has 2 aromatic rings. The fourth-order valence-electron chi connectivity index (χ4n) is 1.49. The predicted octanol–water partition coefficient (Wildman–Crippen LogP) is 1.68. The number of hydrogen-bond acceptors (Lipinski definition) is 5. The molecule has 2 N–H and O–H groups in total. The lowest BCUT2D eigenvalue weighted by molar-refractivity contribution is 0.192. The maximum atomic E-state index is 10.3. The molecule has 96 valence electrons. The lowest BCUT2D eigenvalue weighted by Gasteiger charge is -1.98. The van der Waals surface area contributed by atoms with Crippen molar-refractivity contribution in [1.82, 2.24) is 15.5 Å². The first kappa shape index (κ1) is 12.6. The van der Waals surface area contributed by atoms with Crippen LogP contribution < -0.4 is 5.32 Å². The van der Waals surface area contributed by atoms with Gasteiger partial charge in [-0.3, -0.25) is 4.98 Å². The molecule has 2 heterocycles. The van der Waals surface area contributed by atoms with Crippen LogP contribution in [0.3, 0.4) is 0 Å². The Bertz CT molecular complexity index is 657. The highest BCUT2D eigenvalue weighted by Crippen LogP contribution is 2.19. The fraction of sp³-hybridized carbons (Fsp3) is 0.167. The number of nitriles is 1. The molecule has 0 radical (unpaired) electrons. The third-order valence-electron chi connectivity index (χ3n) is 2.47. The second kappa shape index (κ2) is 5.18. The Labute approximate surface area is 108 Å². The monoisotopic (exact) mass is 258 g/mol. The van der Waals surface area contributed by atoms with E-state index >= 15 is 0 Å². The Kier molecular flexibility index (Phi) is 3.43. The molecule has 0 spiro atoms. The summed E-state index contributed by atoms with van der Waals surface area (Å²) in [6.07, 6.45) is 0.333. The molecule has 0 fully saturated rings. The van der Waals surface area contributed by atoms with Gasteiger partial charge in [-0.2, -0.15) is 5.26 Å². The number of nitrogens with zero attached hydrogens (tertiary/aromatic N) is 3. The number of amides is 1. The average Bonchev–Trinajstić information content (AvgIpc) is 2.85. The SMILES string of the molecule is Cc1cc(-c2cc(CNC(=O)O)on2)ncc1C#N. The van der Waals surface area contributed by atoms with Gasteiger partial charge in [0.1, 0.15) is 11.8 Å². The normalized spacial score (nSPS) is 9.89. The third kappa shape index (κ3) is 2.87. The molecule has 0 aliphatic heterocycles. The number of aromatic nitrogens is 2. The van der Waals surface area contributed by atoms with Crippen LogP contribution >= 0.6 is 0 Å². The van der Waals surface area contributed by atoms with Crippen molar-refractivity contribution in [2.75, 3.05) is 0 Å². The smallest absolute Gasteiger partial charge is 0.405 e. The van der Waals surface area contributed by atoms with Crippen molar-refractivity contribution in [1.29, 1.82) is 5.26 Å². The minimum Gasteiger partial charge on any atom is -0.465 e. The largest absolute Gasteiger partial charge is 0.465 e. The van der Waals surface area contributed by atoms with Crippen molar-refractivity contribution in [3.63, 3.8) is 0 Å². The Balaban J connectivity index is 2.21. The van der Waals surface area contributed by atoms with Gasteiger partial charge in [0.2, 0.25) is 0 Å². The van der Waals surface area contributed by atoms with Gasteiger partial charge in [-0.15, -0.1) is 0 Å². The van der Waals surface area contributed by atoms with Crippen LogP contribution in [0.2, 0.25) is 0 Å². The molecule has 0 aromatic carbocycles. The van der Waals surface area contributed by atoms with Gasteiger partial charge < -0.3 is 14.9 Å². The van der Waals surface area contributed by atoms with Gasteiger partial charge in [0.05, 0.1) is 17.8 Å². The van der Waals surface area contributed by atoms with E-state index in [4.69, 9.17) is 14.9 Å². The van der Waals surface area contributed by atoms with E-state index < -0.39 is 6.09 Å². The number of nitrogens with one attached hydrogen (secondary N) is 1. The Morgan fingerprint density at radius 1 is 1.53 bits per heavy atom. The maximum Gasteiger partial charge on any atom is 0.405 e. The number of hydrogen-bond donors (Lipinski definition) is 2. The van der Waals surface area contributed by atoms with Crippen LogP contribution in [0, 0.1) is 18.3 Å². The van der Waals surface area contributed by atoms with E-state index in [1.807, 2.05) is 6.07 Å². The van der Waals surface area contributed by atoms with Gasteiger partial charge in [-0.25, -0.2) is 4.79 Å². The van der Waals surface area contributed by atoms with E-state index in [1.54, 1.807) is 19.1 Å². The number of pyridine rings is 1. The zero-order valence-corrected chi connectivity index (χ0v) is 10.0. The van der Waals surface area contributed by atoms with Crippen molar-refractivity contribution in [2.24, 2.45) is 0 Å². The van der Waals surface area contributed by atoms with Gasteiger partial charge in [-0.1, -0.05) is 5.16 Å². The van der Waals surface area contributed by atoms with E-state index in [9.17, 15) is 4.79 Å². The predicted molar refractivity (Wildman–Crippen MR) is 64.1 cm³/mol. The highest BCUT2D eigenvalue weighted by molar-refractivity contribution is 5.64. The zero-order chi connectivity index (χ0) is 13.8. The minimum atomic E-state index is -1.13. The van der Waals surface area contributed by atoms with Crippen LogP contribution in [0.1, 0.15) is 16.9 Å². The molecule has 7 heteroatoms. The Morgan fingerprint density at radius 2 is 2.32 bits per heavy atom. The van der Waals surface area contributed by atoms with Crippen LogP contribution in [0.25, 0.3) is 11.4 Å². The topological polar surface area (TPSA) is 112 Å². The summed E-state index contributed by atoms with van der Waals surface area (Å²) >= 11 is 0. The average molecular weight is 258 g/mol. The molecule has 0 aliphatic carbocycles. The molecule has 0 saturated carbocycles. The quantitative estimate of drug-likeness (QED) is 0.866. The van der Waals surface area contributed by atoms with Crippen molar-refractivity contribution in [2.45, 2.75) is 13.5 Å². The fourth-order valence-corrected chi connectivity index (χ4v) is 1.49. The molecule has 19 heavy (non-hydrogen) atoms. The van der Waals surface area contributed by atoms with Gasteiger partial charge >= 0.3 is 6.09 Å². The van der Waals surface area contributed by atoms with Gasteiger partial charge in [-0.05, 0) is 18.6 Å². The van der Waals surface area contributed by atoms with Crippen molar-refractivity contribution in [3.05, 3.63) is 35.2 Å². The number of aryl methyl sites for hydroxylation is 1. The molecule has 1 amide bonds. The highest BCUT2D eigenvalue weighted by Gasteiger charge is 2.10. The first-order valence-corrected chi connectivity index (χ1v) is 5.39. The van der Waals surface area contributed by atoms with Gasteiger partial charge in [0.25, 0.3) is 0 Å². The van der Waals surface area contributed by atoms with E-state index in [-0.39, 0.29) is 6.54 Å². The molecule has 0 bridgehead atoms. The van der Waals surface area contributed by atoms with E-state index in [2.05, 4.69) is 15.5 Å². The minimum absolute atomic E-state index is 0.0393. The van der Waals surface area contributed by atoms with Crippen LogP contribution in [-0.2, 0) is 6.54 Å². The second-order valence-electron chi connectivity index (χ2n) is 3.83. The summed E-state index contributed by atoms with van der Waals surface area (Å²) in [6.45, 7) is 1.84. The summed E-state index contributed by atoms with van der Waals surface area (Å²) in [5, 5.41) is 23.3. The Hall–Kier alpha value is -2.88. The number of rotatable bonds is 3. The lowest BCUT2D eigenvalue weighted by Crippen LogP contribution is -2.19. The molecule has 0 unspecified atom stereocenters. The van der Waals surface area contributed by atoms with E-state index in [0.717, 1.165) is 5.56 Å². The summed E-state index contributed by atoms with van der Waals surface area (Å²) < 4.78 is 4.99. The van der Waals surface area contributed by atoms with Gasteiger partial charge in [0, 0.05) is 12.3 Å². The molecule has 2 aromatic heterocycles. The van der Waals surface area contributed by atoms with Gasteiger partial charge in [0.15, 0.2) is 5.76 Å². The highest BCUT2D eigenvalue weighted by atomic mass is 16.5. The maximum absolute atomic E-state index is 10.3.